The average Bonchev–Trinajstić information content (AvgIpc) is 2.40. The van der Waals surface area contributed by atoms with Crippen molar-refractivity contribution in [2.24, 2.45) is 0 Å². The Morgan fingerprint density at radius 3 is 2.68 bits per heavy atom. The van der Waals surface area contributed by atoms with Gasteiger partial charge in [-0.15, -0.1) is 0 Å². The van der Waals surface area contributed by atoms with Crippen LogP contribution in [0.25, 0.3) is 0 Å². The first kappa shape index (κ1) is 14.5. The van der Waals surface area contributed by atoms with Crippen molar-refractivity contribution in [3.05, 3.63) is 35.9 Å². The van der Waals surface area contributed by atoms with Crippen LogP contribution < -0.4 is 5.32 Å². The molecule has 0 aromatic heterocycles. The maximum Gasteiger partial charge on any atom is 0.0278 e. The quantitative estimate of drug-likeness (QED) is 0.819. The first-order valence-electron chi connectivity index (χ1n) is 7.60. The molecule has 19 heavy (non-hydrogen) atoms. The molecule has 1 N–H and O–H groups in total. The van der Waals surface area contributed by atoms with E-state index in [2.05, 4.69) is 61.3 Å². The van der Waals surface area contributed by atoms with Crippen molar-refractivity contribution in [1.82, 2.24) is 10.2 Å². The van der Waals surface area contributed by atoms with Crippen LogP contribution in [0.5, 0.6) is 0 Å². The van der Waals surface area contributed by atoms with E-state index >= 15 is 0 Å². The van der Waals surface area contributed by atoms with Crippen LogP contribution in [-0.2, 0) is 6.42 Å². The summed E-state index contributed by atoms with van der Waals surface area (Å²) < 4.78 is 0. The van der Waals surface area contributed by atoms with Crippen molar-refractivity contribution >= 4 is 0 Å². The molecule has 1 aromatic rings. The van der Waals surface area contributed by atoms with Crippen LogP contribution in [0.1, 0.15) is 39.2 Å². The van der Waals surface area contributed by atoms with E-state index < -0.39 is 0 Å². The molecule has 1 heterocycles. The van der Waals surface area contributed by atoms with Crippen LogP contribution in [0.2, 0.25) is 0 Å². The van der Waals surface area contributed by atoms with Crippen LogP contribution in [0.15, 0.2) is 30.3 Å². The summed E-state index contributed by atoms with van der Waals surface area (Å²) >= 11 is 0. The maximum absolute atomic E-state index is 3.58. The predicted molar refractivity (Wildman–Crippen MR) is 82.5 cm³/mol. The second kappa shape index (κ2) is 6.53. The van der Waals surface area contributed by atoms with Gasteiger partial charge in [-0.05, 0) is 52.1 Å². The van der Waals surface area contributed by atoms with Crippen molar-refractivity contribution in [2.45, 2.75) is 51.6 Å². The van der Waals surface area contributed by atoms with Crippen molar-refractivity contribution in [3.63, 3.8) is 0 Å². The third kappa shape index (κ3) is 4.32. The van der Waals surface area contributed by atoms with Crippen LogP contribution in [0, 0.1) is 0 Å². The van der Waals surface area contributed by atoms with Gasteiger partial charge in [0.2, 0.25) is 0 Å². The van der Waals surface area contributed by atoms with Gasteiger partial charge in [0.1, 0.15) is 0 Å². The molecule has 0 amide bonds. The summed E-state index contributed by atoms with van der Waals surface area (Å²) in [5.41, 5.74) is 1.77. The molecule has 0 saturated carbocycles. The van der Waals surface area contributed by atoms with Gasteiger partial charge >= 0.3 is 0 Å². The van der Waals surface area contributed by atoms with E-state index in [0.717, 1.165) is 6.54 Å². The third-order valence-electron chi connectivity index (χ3n) is 4.22. The standard InChI is InChI=1S/C17H28N2/c1-15-13-19(17(2,3)14-18-15)12-8-7-11-16-9-5-4-6-10-16/h4-6,9-10,15,18H,7-8,11-14H2,1-3H3. The molecule has 1 saturated heterocycles. The number of hydrogen-bond acceptors (Lipinski definition) is 2. The van der Waals surface area contributed by atoms with E-state index in [1.807, 2.05) is 0 Å². The summed E-state index contributed by atoms with van der Waals surface area (Å²) in [7, 11) is 0. The van der Waals surface area contributed by atoms with Crippen LogP contribution in [-0.4, -0.2) is 36.1 Å². The Morgan fingerprint density at radius 2 is 1.95 bits per heavy atom. The highest BCUT2D eigenvalue weighted by atomic mass is 15.3. The normalized spacial score (nSPS) is 23.4. The predicted octanol–water partition coefficient (Wildman–Crippen LogP) is 3.08. The Balaban J connectivity index is 1.72. The average molecular weight is 260 g/mol. The number of benzene rings is 1. The molecule has 2 nitrogen and oxygen atoms in total. The highest BCUT2D eigenvalue weighted by Gasteiger charge is 2.31. The molecular weight excluding hydrogens is 232 g/mol. The lowest BCUT2D eigenvalue weighted by Crippen LogP contribution is -2.61. The largest absolute Gasteiger partial charge is 0.311 e. The van der Waals surface area contributed by atoms with Gasteiger partial charge in [0.15, 0.2) is 0 Å². The van der Waals surface area contributed by atoms with E-state index in [1.54, 1.807) is 0 Å². The fraction of sp³-hybridized carbons (Fsp3) is 0.647. The molecule has 0 spiro atoms. The zero-order valence-electron chi connectivity index (χ0n) is 12.7. The molecule has 1 fully saturated rings. The topological polar surface area (TPSA) is 15.3 Å². The summed E-state index contributed by atoms with van der Waals surface area (Å²) in [5, 5.41) is 3.58. The molecule has 1 aliphatic rings. The number of hydrogen-bond donors (Lipinski definition) is 1. The molecule has 2 heteroatoms. The Bertz CT molecular complexity index is 372. The smallest absolute Gasteiger partial charge is 0.0278 e. The van der Waals surface area contributed by atoms with Crippen LogP contribution in [0.4, 0.5) is 0 Å². The molecule has 1 unspecified atom stereocenters. The first-order chi connectivity index (χ1) is 9.08. The first-order valence-corrected chi connectivity index (χ1v) is 7.60. The van der Waals surface area contributed by atoms with Crippen LogP contribution >= 0.6 is 0 Å². The van der Waals surface area contributed by atoms with Crippen molar-refractivity contribution in [1.29, 1.82) is 0 Å². The second-order valence-corrected chi connectivity index (χ2v) is 6.48. The van der Waals surface area contributed by atoms with Gasteiger partial charge in [-0.2, -0.15) is 0 Å². The molecule has 0 radical (unpaired) electrons. The summed E-state index contributed by atoms with van der Waals surface area (Å²) in [4.78, 5) is 2.65. The summed E-state index contributed by atoms with van der Waals surface area (Å²) in [6.45, 7) is 10.5. The van der Waals surface area contributed by atoms with Gasteiger partial charge in [-0.3, -0.25) is 4.90 Å². The monoisotopic (exact) mass is 260 g/mol. The lowest BCUT2D eigenvalue weighted by molar-refractivity contribution is 0.0686. The van der Waals surface area contributed by atoms with E-state index in [1.165, 1.54) is 37.9 Å². The zero-order valence-corrected chi connectivity index (χ0v) is 12.7. The zero-order chi connectivity index (χ0) is 13.7. The minimum atomic E-state index is 0.305. The van der Waals surface area contributed by atoms with E-state index in [-0.39, 0.29) is 0 Å². The lowest BCUT2D eigenvalue weighted by atomic mass is 9.97. The molecule has 0 aliphatic carbocycles. The number of nitrogens with one attached hydrogen (secondary N) is 1. The molecular formula is C17H28N2. The van der Waals surface area contributed by atoms with Gasteiger partial charge in [-0.25, -0.2) is 0 Å². The fourth-order valence-corrected chi connectivity index (χ4v) is 2.85. The van der Waals surface area contributed by atoms with Gasteiger partial charge in [-0.1, -0.05) is 30.3 Å². The maximum atomic E-state index is 3.58. The second-order valence-electron chi connectivity index (χ2n) is 6.48. The lowest BCUT2D eigenvalue weighted by Gasteiger charge is -2.45. The van der Waals surface area contributed by atoms with Gasteiger partial charge in [0.05, 0.1) is 0 Å². The minimum Gasteiger partial charge on any atom is -0.311 e. The van der Waals surface area contributed by atoms with E-state index in [4.69, 9.17) is 0 Å². The number of nitrogens with zero attached hydrogens (tertiary/aromatic N) is 1. The summed E-state index contributed by atoms with van der Waals surface area (Å²) in [5.74, 6) is 0. The molecule has 1 aromatic carbocycles. The van der Waals surface area contributed by atoms with Crippen molar-refractivity contribution in [3.8, 4) is 0 Å². The van der Waals surface area contributed by atoms with Crippen LogP contribution in [0.3, 0.4) is 0 Å². The Kier molecular flexibility index (Phi) is 5.00. The Morgan fingerprint density at radius 1 is 1.21 bits per heavy atom. The number of aryl methyl sites for hydroxylation is 1. The highest BCUT2D eigenvalue weighted by Crippen LogP contribution is 2.19. The van der Waals surface area contributed by atoms with Crippen molar-refractivity contribution < 1.29 is 0 Å². The highest BCUT2D eigenvalue weighted by molar-refractivity contribution is 5.14. The Hall–Kier alpha value is -0.860. The molecule has 106 valence electrons. The summed E-state index contributed by atoms with van der Waals surface area (Å²) in [6.07, 6.45) is 3.80. The van der Waals surface area contributed by atoms with Crippen molar-refractivity contribution in [2.75, 3.05) is 19.6 Å². The fourth-order valence-electron chi connectivity index (χ4n) is 2.85. The number of piperazine rings is 1. The van der Waals surface area contributed by atoms with Gasteiger partial charge in [0, 0.05) is 24.7 Å². The van der Waals surface area contributed by atoms with E-state index in [9.17, 15) is 0 Å². The molecule has 1 atom stereocenters. The van der Waals surface area contributed by atoms with Gasteiger partial charge < -0.3 is 5.32 Å². The van der Waals surface area contributed by atoms with E-state index in [0.29, 0.717) is 11.6 Å². The number of unbranched alkanes of at least 4 members (excludes halogenated alkanes) is 1. The molecule has 0 bridgehead atoms. The SMILES string of the molecule is CC1CN(CCCCc2ccccc2)C(C)(C)CN1. The summed E-state index contributed by atoms with van der Waals surface area (Å²) in [6, 6.07) is 11.5. The minimum absolute atomic E-state index is 0.305. The molecule has 2 rings (SSSR count). The number of rotatable bonds is 5. The third-order valence-corrected chi connectivity index (χ3v) is 4.22. The molecule has 1 aliphatic heterocycles. The Labute approximate surface area is 118 Å². The van der Waals surface area contributed by atoms with Gasteiger partial charge in [0.25, 0.3) is 0 Å².